The number of fused-ring (bicyclic) bond motifs is 2. The predicted octanol–water partition coefficient (Wildman–Crippen LogP) is 6.33. The lowest BCUT2D eigenvalue weighted by Gasteiger charge is -2.48. The third-order valence-corrected chi connectivity index (χ3v) is 8.50. The van der Waals surface area contributed by atoms with Crippen LogP contribution >= 0.6 is 0 Å². The van der Waals surface area contributed by atoms with Gasteiger partial charge in [0.05, 0.1) is 13.2 Å². The normalized spacial score (nSPS) is 20.3. The van der Waals surface area contributed by atoms with Crippen LogP contribution in [-0.2, 0) is 32.1 Å². The van der Waals surface area contributed by atoms with Crippen LogP contribution in [0.4, 0.5) is 0 Å². The maximum atomic E-state index is 14.1. The average Bonchev–Trinajstić information content (AvgIpc) is 3.00. The van der Waals surface area contributed by atoms with Crippen LogP contribution in [0.25, 0.3) is 10.8 Å². The highest BCUT2D eigenvalue weighted by Crippen LogP contribution is 2.50. The molecule has 1 heterocycles. The first-order valence-electron chi connectivity index (χ1n) is 15.0. The van der Waals surface area contributed by atoms with E-state index in [9.17, 15) is 14.4 Å². The van der Waals surface area contributed by atoms with Crippen LogP contribution in [0.5, 0.6) is 0 Å². The van der Waals surface area contributed by atoms with Crippen LogP contribution in [-0.4, -0.2) is 35.8 Å². The van der Waals surface area contributed by atoms with E-state index >= 15 is 0 Å². The van der Waals surface area contributed by atoms with Gasteiger partial charge in [0.25, 0.3) is 0 Å². The number of carbonyl (C=O) groups is 3. The molecule has 1 aliphatic carbocycles. The zero-order chi connectivity index (χ0) is 28.7. The summed E-state index contributed by atoms with van der Waals surface area (Å²) >= 11 is 0. The van der Waals surface area contributed by atoms with Crippen LogP contribution in [0.1, 0.15) is 63.0 Å². The Morgan fingerprint density at radius 3 is 2.61 bits per heavy atom. The van der Waals surface area contributed by atoms with Gasteiger partial charge in [0.1, 0.15) is 5.41 Å². The van der Waals surface area contributed by atoms with E-state index in [1.807, 2.05) is 55.5 Å². The van der Waals surface area contributed by atoms with E-state index in [0.717, 1.165) is 54.1 Å². The van der Waals surface area contributed by atoms with E-state index in [1.165, 1.54) is 5.56 Å². The second-order valence-electron chi connectivity index (χ2n) is 11.2. The van der Waals surface area contributed by atoms with Gasteiger partial charge in [0, 0.05) is 24.6 Å². The number of rotatable bonds is 11. The zero-order valence-electron chi connectivity index (χ0n) is 23.9. The second-order valence-corrected chi connectivity index (χ2v) is 11.2. The number of ether oxygens (including phenoxy) is 1. The van der Waals surface area contributed by atoms with Crippen molar-refractivity contribution in [3.8, 4) is 0 Å². The van der Waals surface area contributed by atoms with Gasteiger partial charge in [-0.05, 0) is 73.8 Å². The molecule has 3 aromatic carbocycles. The Morgan fingerprint density at radius 2 is 1.78 bits per heavy atom. The first kappa shape index (κ1) is 28.6. The topological polar surface area (TPSA) is 75.7 Å². The number of hydrogen-bond donors (Lipinski definition) is 1. The fourth-order valence-electron chi connectivity index (χ4n) is 6.49. The number of carbonyl (C=O) groups excluding carboxylic acids is 3. The number of nitrogens with zero attached hydrogens (tertiary/aromatic N) is 1. The Hall–Kier alpha value is -3.93. The van der Waals surface area contributed by atoms with Crippen molar-refractivity contribution in [3.05, 3.63) is 95.7 Å². The summed E-state index contributed by atoms with van der Waals surface area (Å²) in [6.45, 7) is 3.01. The number of likely N-dealkylation sites (tertiary alicyclic amines) is 1. The van der Waals surface area contributed by atoms with Crippen LogP contribution in [0.3, 0.4) is 0 Å². The molecule has 0 bridgehead atoms. The molecule has 3 aromatic rings. The van der Waals surface area contributed by atoms with Crippen LogP contribution in [0.15, 0.2) is 84.6 Å². The van der Waals surface area contributed by atoms with Crippen molar-refractivity contribution >= 4 is 28.6 Å². The number of allylic oxidation sites excluding steroid dienone is 1. The van der Waals surface area contributed by atoms with Crippen molar-refractivity contribution in [1.82, 2.24) is 10.2 Å². The molecule has 1 N–H and O–H groups in total. The van der Waals surface area contributed by atoms with Gasteiger partial charge in [-0.25, -0.2) is 0 Å². The summed E-state index contributed by atoms with van der Waals surface area (Å²) in [6, 6.07) is 24.6. The lowest BCUT2D eigenvalue weighted by Crippen LogP contribution is -2.54. The minimum absolute atomic E-state index is 0.0675. The molecule has 1 fully saturated rings. The number of nitrogens with one attached hydrogen (secondary N) is 1. The van der Waals surface area contributed by atoms with Gasteiger partial charge in [-0.15, -0.1) is 0 Å². The molecule has 6 heteroatoms. The monoisotopic (exact) mass is 552 g/mol. The van der Waals surface area contributed by atoms with Gasteiger partial charge in [-0.1, -0.05) is 78.9 Å². The molecule has 0 unspecified atom stereocenters. The molecule has 0 spiro atoms. The number of piperidine rings is 1. The number of esters is 1. The van der Waals surface area contributed by atoms with Crippen molar-refractivity contribution in [1.29, 1.82) is 0 Å². The summed E-state index contributed by atoms with van der Waals surface area (Å²) in [7, 11) is 0. The van der Waals surface area contributed by atoms with E-state index in [1.54, 1.807) is 4.90 Å². The Morgan fingerprint density at radius 1 is 1.00 bits per heavy atom. The fourth-order valence-corrected chi connectivity index (χ4v) is 6.49. The largest absolute Gasteiger partial charge is 0.465 e. The summed E-state index contributed by atoms with van der Waals surface area (Å²) in [5, 5.41) is 5.21. The molecule has 2 amide bonds. The average molecular weight is 553 g/mol. The third kappa shape index (κ3) is 6.37. The van der Waals surface area contributed by atoms with Gasteiger partial charge in [0.15, 0.2) is 0 Å². The van der Waals surface area contributed by atoms with E-state index in [4.69, 9.17) is 4.74 Å². The summed E-state index contributed by atoms with van der Waals surface area (Å²) < 4.78 is 5.61. The third-order valence-electron chi connectivity index (χ3n) is 8.50. The van der Waals surface area contributed by atoms with E-state index in [0.29, 0.717) is 25.9 Å². The van der Waals surface area contributed by atoms with Crippen LogP contribution in [0, 0.1) is 11.3 Å². The van der Waals surface area contributed by atoms with Crippen molar-refractivity contribution in [2.45, 2.75) is 64.8 Å². The first-order chi connectivity index (χ1) is 20.0. The smallest absolute Gasteiger partial charge is 0.318 e. The van der Waals surface area contributed by atoms with Gasteiger partial charge in [-0.2, -0.15) is 0 Å². The van der Waals surface area contributed by atoms with Crippen LogP contribution in [0.2, 0.25) is 0 Å². The quantitative estimate of drug-likeness (QED) is 0.223. The van der Waals surface area contributed by atoms with E-state index in [-0.39, 0.29) is 30.8 Å². The molecule has 0 saturated carbocycles. The first-order valence-corrected chi connectivity index (χ1v) is 15.0. The van der Waals surface area contributed by atoms with Crippen LogP contribution < -0.4 is 5.32 Å². The van der Waals surface area contributed by atoms with Gasteiger partial charge in [-0.3, -0.25) is 14.4 Å². The molecular formula is C35H40N2O4. The van der Waals surface area contributed by atoms with E-state index < -0.39 is 11.3 Å². The molecule has 5 rings (SSSR count). The number of benzene rings is 3. The Kier molecular flexibility index (Phi) is 9.17. The fraction of sp³-hybridized carbons (Fsp3) is 0.400. The predicted molar refractivity (Wildman–Crippen MR) is 161 cm³/mol. The summed E-state index contributed by atoms with van der Waals surface area (Å²) in [5.41, 5.74) is 2.15. The number of hydrogen-bond acceptors (Lipinski definition) is 4. The molecule has 41 heavy (non-hydrogen) atoms. The molecule has 0 aromatic heterocycles. The summed E-state index contributed by atoms with van der Waals surface area (Å²) in [4.78, 5) is 42.5. The Labute approximate surface area is 242 Å². The maximum Gasteiger partial charge on any atom is 0.318 e. The SMILES string of the molecule is CCOC(=O)[C@]12CCCC=C1N(Cc1cccc3ccccc13)C(=O)[C@H](CC(=O)NCCCCc1ccccc1)C2. The highest BCUT2D eigenvalue weighted by atomic mass is 16.5. The standard InChI is InChI=1S/C35H40N2O4/c1-2-41-34(40)35-21-10-8-20-31(35)37(25-28-18-12-17-27-16-6-7-19-30(27)28)33(39)29(24-35)23-32(38)36-22-11-9-15-26-13-4-3-5-14-26/h3-7,12-14,16-20,29H,2,8-11,15,21-25H2,1H3,(H,36,38)/t29-,35+/m1/s1. The molecule has 2 atom stereocenters. The van der Waals surface area contributed by atoms with Crippen molar-refractivity contribution in [2.24, 2.45) is 11.3 Å². The van der Waals surface area contributed by atoms with Gasteiger partial charge < -0.3 is 15.0 Å². The highest BCUT2D eigenvalue weighted by molar-refractivity contribution is 5.93. The molecule has 1 aliphatic heterocycles. The lowest BCUT2D eigenvalue weighted by atomic mass is 9.66. The minimum Gasteiger partial charge on any atom is -0.465 e. The molecular weight excluding hydrogens is 512 g/mol. The zero-order valence-corrected chi connectivity index (χ0v) is 23.9. The van der Waals surface area contributed by atoms with Crippen molar-refractivity contribution in [2.75, 3.05) is 13.2 Å². The summed E-state index contributed by atoms with van der Waals surface area (Å²) in [5.74, 6) is -1.11. The van der Waals surface area contributed by atoms with Gasteiger partial charge in [0.2, 0.25) is 11.8 Å². The van der Waals surface area contributed by atoms with Crippen molar-refractivity contribution < 1.29 is 19.1 Å². The number of amides is 2. The minimum atomic E-state index is -0.909. The lowest BCUT2D eigenvalue weighted by molar-refractivity contribution is -0.162. The molecule has 2 aliphatic rings. The molecule has 214 valence electrons. The van der Waals surface area contributed by atoms with Gasteiger partial charge >= 0.3 is 5.97 Å². The molecule has 1 saturated heterocycles. The Balaban J connectivity index is 1.33. The maximum absolute atomic E-state index is 14.1. The second kappa shape index (κ2) is 13.2. The molecule has 6 nitrogen and oxygen atoms in total. The number of aryl methyl sites for hydroxylation is 1. The molecule has 0 radical (unpaired) electrons. The van der Waals surface area contributed by atoms with E-state index in [2.05, 4.69) is 35.6 Å². The summed E-state index contributed by atoms with van der Waals surface area (Å²) in [6.07, 6.45) is 7.52. The Bertz CT molecular complexity index is 1410. The van der Waals surface area contributed by atoms with Crippen molar-refractivity contribution in [3.63, 3.8) is 0 Å². The number of unbranched alkanes of at least 4 members (excludes halogenated alkanes) is 1. The highest BCUT2D eigenvalue weighted by Gasteiger charge is 2.54.